The second kappa shape index (κ2) is 6.76. The highest BCUT2D eigenvalue weighted by molar-refractivity contribution is 8.02. The summed E-state index contributed by atoms with van der Waals surface area (Å²) in [5.41, 5.74) is 2.35. The molecule has 0 saturated heterocycles. The van der Waals surface area contributed by atoms with Crippen molar-refractivity contribution in [2.24, 2.45) is 0 Å². The zero-order valence-electron chi connectivity index (χ0n) is 14.3. The molecule has 1 aliphatic heterocycles. The number of aromatic nitrogens is 2. The van der Waals surface area contributed by atoms with Crippen LogP contribution in [0, 0.1) is 0 Å². The highest BCUT2D eigenvalue weighted by Crippen LogP contribution is 2.36. The SMILES string of the molecule is COc1cc2ccn(C(=O)C3=CSC(c4cccnc4)N3)c2cc1OC. The van der Waals surface area contributed by atoms with E-state index in [2.05, 4.69) is 10.3 Å². The lowest BCUT2D eigenvalue weighted by atomic mass is 10.2. The Morgan fingerprint density at radius 3 is 2.77 bits per heavy atom. The van der Waals surface area contributed by atoms with Gasteiger partial charge < -0.3 is 14.8 Å². The maximum Gasteiger partial charge on any atom is 0.279 e. The molecule has 0 bridgehead atoms. The molecule has 7 heteroatoms. The van der Waals surface area contributed by atoms with Crippen molar-refractivity contribution in [3.05, 3.63) is 65.6 Å². The van der Waals surface area contributed by atoms with Gasteiger partial charge in [0.05, 0.1) is 19.7 Å². The minimum Gasteiger partial charge on any atom is -0.493 e. The molecule has 4 rings (SSSR count). The molecule has 0 aliphatic carbocycles. The third kappa shape index (κ3) is 2.80. The lowest BCUT2D eigenvalue weighted by Gasteiger charge is -2.13. The van der Waals surface area contributed by atoms with Crippen molar-refractivity contribution in [2.45, 2.75) is 5.37 Å². The predicted molar refractivity (Wildman–Crippen MR) is 101 cm³/mol. The first kappa shape index (κ1) is 16.5. The number of methoxy groups -OCH3 is 2. The molecule has 0 spiro atoms. The van der Waals surface area contributed by atoms with E-state index in [9.17, 15) is 4.79 Å². The first-order valence-corrected chi connectivity index (χ1v) is 8.95. The van der Waals surface area contributed by atoms with E-state index in [-0.39, 0.29) is 11.3 Å². The summed E-state index contributed by atoms with van der Waals surface area (Å²) in [6, 6.07) is 9.43. The highest BCUT2D eigenvalue weighted by atomic mass is 32.2. The second-order valence-electron chi connectivity index (χ2n) is 5.74. The van der Waals surface area contributed by atoms with Crippen molar-refractivity contribution in [3.63, 3.8) is 0 Å². The molecular weight excluding hydrogens is 350 g/mol. The Morgan fingerprint density at radius 2 is 2.04 bits per heavy atom. The number of carbonyl (C=O) groups excluding carboxylic acids is 1. The first-order valence-electron chi connectivity index (χ1n) is 8.01. The van der Waals surface area contributed by atoms with E-state index in [1.165, 1.54) is 0 Å². The number of pyridine rings is 1. The molecule has 3 heterocycles. The van der Waals surface area contributed by atoms with Crippen LogP contribution in [0.2, 0.25) is 0 Å². The number of allylic oxidation sites excluding steroid dienone is 1. The number of thioether (sulfide) groups is 1. The lowest BCUT2D eigenvalue weighted by molar-refractivity contribution is 0.0952. The second-order valence-corrected chi connectivity index (χ2v) is 6.71. The van der Waals surface area contributed by atoms with E-state index >= 15 is 0 Å². The number of nitrogens with one attached hydrogen (secondary N) is 1. The van der Waals surface area contributed by atoms with Gasteiger partial charge in [-0.15, -0.1) is 11.8 Å². The molecule has 1 atom stereocenters. The van der Waals surface area contributed by atoms with Crippen LogP contribution in [0.25, 0.3) is 10.9 Å². The van der Waals surface area contributed by atoms with Crippen molar-refractivity contribution < 1.29 is 14.3 Å². The molecule has 1 aromatic carbocycles. The van der Waals surface area contributed by atoms with Gasteiger partial charge in [-0.3, -0.25) is 14.3 Å². The van der Waals surface area contributed by atoms with E-state index in [0.717, 1.165) is 16.5 Å². The van der Waals surface area contributed by atoms with E-state index in [0.29, 0.717) is 17.2 Å². The van der Waals surface area contributed by atoms with Crippen LogP contribution in [0.15, 0.2) is 60.0 Å². The van der Waals surface area contributed by atoms with Crippen molar-refractivity contribution in [3.8, 4) is 11.5 Å². The van der Waals surface area contributed by atoms with Crippen molar-refractivity contribution in [2.75, 3.05) is 14.2 Å². The molecule has 132 valence electrons. The number of nitrogens with zero attached hydrogens (tertiary/aromatic N) is 2. The molecule has 3 aromatic rings. The van der Waals surface area contributed by atoms with Gasteiger partial charge in [0.2, 0.25) is 0 Å². The Morgan fingerprint density at radius 1 is 1.23 bits per heavy atom. The van der Waals surface area contributed by atoms with Crippen molar-refractivity contribution in [1.29, 1.82) is 0 Å². The molecule has 26 heavy (non-hydrogen) atoms. The van der Waals surface area contributed by atoms with Crippen LogP contribution in [0.4, 0.5) is 0 Å². The third-order valence-electron chi connectivity index (χ3n) is 4.24. The Bertz CT molecular complexity index is 998. The molecule has 0 saturated carbocycles. The van der Waals surface area contributed by atoms with Gasteiger partial charge in [0.1, 0.15) is 11.1 Å². The lowest BCUT2D eigenvalue weighted by Crippen LogP contribution is -2.23. The average molecular weight is 367 g/mol. The van der Waals surface area contributed by atoms with Gasteiger partial charge in [-0.25, -0.2) is 0 Å². The fraction of sp³-hybridized carbons (Fsp3) is 0.158. The number of benzene rings is 1. The van der Waals surface area contributed by atoms with Gasteiger partial charge in [-0.1, -0.05) is 6.07 Å². The van der Waals surface area contributed by atoms with Crippen molar-refractivity contribution >= 4 is 28.6 Å². The normalized spacial score (nSPS) is 16.2. The Kier molecular flexibility index (Phi) is 4.30. The summed E-state index contributed by atoms with van der Waals surface area (Å²) >= 11 is 1.56. The molecule has 0 amide bonds. The monoisotopic (exact) mass is 367 g/mol. The predicted octanol–water partition coefficient (Wildman–Crippen LogP) is 3.57. The molecule has 1 unspecified atom stereocenters. The number of hydrogen-bond acceptors (Lipinski definition) is 6. The van der Waals surface area contributed by atoms with Crippen LogP contribution >= 0.6 is 11.8 Å². The fourth-order valence-corrected chi connectivity index (χ4v) is 3.85. The van der Waals surface area contributed by atoms with Gasteiger partial charge in [0, 0.05) is 41.0 Å². The van der Waals surface area contributed by atoms with E-state index < -0.39 is 0 Å². The van der Waals surface area contributed by atoms with Crippen LogP contribution in [0.5, 0.6) is 11.5 Å². The molecule has 0 radical (unpaired) electrons. The molecule has 1 aliphatic rings. The van der Waals surface area contributed by atoms with Crippen LogP contribution in [0.3, 0.4) is 0 Å². The minimum atomic E-state index is -0.119. The molecule has 1 N–H and O–H groups in total. The summed E-state index contributed by atoms with van der Waals surface area (Å²) < 4.78 is 12.3. The summed E-state index contributed by atoms with van der Waals surface area (Å²) in [7, 11) is 3.17. The van der Waals surface area contributed by atoms with Crippen LogP contribution in [-0.4, -0.2) is 29.7 Å². The maximum absolute atomic E-state index is 13.0. The van der Waals surface area contributed by atoms with Crippen LogP contribution < -0.4 is 14.8 Å². The van der Waals surface area contributed by atoms with Gasteiger partial charge in [0.25, 0.3) is 5.91 Å². The molecular formula is C19H17N3O3S. The zero-order chi connectivity index (χ0) is 18.1. The zero-order valence-corrected chi connectivity index (χ0v) is 15.1. The molecule has 6 nitrogen and oxygen atoms in total. The Balaban J connectivity index is 1.63. The largest absolute Gasteiger partial charge is 0.493 e. The number of ether oxygens (including phenoxy) is 2. The number of fused-ring (bicyclic) bond motifs is 1. The van der Waals surface area contributed by atoms with Gasteiger partial charge in [-0.05, 0) is 18.2 Å². The summed E-state index contributed by atoms with van der Waals surface area (Å²) in [6.45, 7) is 0. The first-order chi connectivity index (χ1) is 12.7. The van der Waals surface area contributed by atoms with E-state index in [1.54, 1.807) is 49.1 Å². The van der Waals surface area contributed by atoms with Gasteiger partial charge in [-0.2, -0.15) is 0 Å². The third-order valence-corrected chi connectivity index (χ3v) is 5.27. The van der Waals surface area contributed by atoms with Gasteiger partial charge in [0.15, 0.2) is 11.5 Å². The highest BCUT2D eigenvalue weighted by Gasteiger charge is 2.25. The Hall–Kier alpha value is -2.93. The maximum atomic E-state index is 13.0. The van der Waals surface area contributed by atoms with Crippen LogP contribution in [-0.2, 0) is 0 Å². The standard InChI is InChI=1S/C19H17N3O3S/c1-24-16-8-12-5-7-22(15(12)9-17(16)25-2)19(23)14-11-26-18(21-14)13-4-3-6-20-10-13/h3-11,18,21H,1-2H3. The number of rotatable bonds is 4. The van der Waals surface area contributed by atoms with E-state index in [1.807, 2.05) is 35.7 Å². The quantitative estimate of drug-likeness (QED) is 0.760. The number of hydrogen-bond donors (Lipinski definition) is 1. The Labute approximate surface area is 154 Å². The molecule has 2 aromatic heterocycles. The summed E-state index contributed by atoms with van der Waals surface area (Å²) in [6.07, 6.45) is 5.29. The topological polar surface area (TPSA) is 65.4 Å². The summed E-state index contributed by atoms with van der Waals surface area (Å²) in [5, 5.41) is 6.02. The smallest absolute Gasteiger partial charge is 0.279 e. The average Bonchev–Trinajstić information content (AvgIpc) is 3.34. The van der Waals surface area contributed by atoms with Crippen molar-refractivity contribution in [1.82, 2.24) is 14.9 Å². The van der Waals surface area contributed by atoms with E-state index in [4.69, 9.17) is 9.47 Å². The summed E-state index contributed by atoms with van der Waals surface area (Å²) in [5.74, 6) is 1.10. The number of carbonyl (C=O) groups is 1. The van der Waals surface area contributed by atoms with Gasteiger partial charge >= 0.3 is 0 Å². The fourth-order valence-electron chi connectivity index (χ4n) is 2.92. The minimum absolute atomic E-state index is 0.0147. The van der Waals surface area contributed by atoms with Crippen LogP contribution in [0.1, 0.15) is 15.7 Å². The molecule has 0 fully saturated rings. The summed E-state index contributed by atoms with van der Waals surface area (Å²) in [4.78, 5) is 17.1.